The molecule has 136 valence electrons. The van der Waals surface area contributed by atoms with Crippen molar-refractivity contribution in [1.29, 1.82) is 0 Å². The summed E-state index contributed by atoms with van der Waals surface area (Å²) < 4.78 is 0. The minimum absolute atomic E-state index is 0.227. The number of carbonyl (C=O) groups excluding carboxylic acids is 2. The van der Waals surface area contributed by atoms with Gasteiger partial charge in [-0.1, -0.05) is 0 Å². The van der Waals surface area contributed by atoms with Crippen LogP contribution in [0, 0.1) is 0 Å². The smallest absolute Gasteiger partial charge is 0.255 e. The quantitative estimate of drug-likeness (QED) is 0.880. The van der Waals surface area contributed by atoms with E-state index >= 15 is 0 Å². The highest BCUT2D eigenvalue weighted by Crippen LogP contribution is 2.20. The maximum Gasteiger partial charge on any atom is 0.255 e. The molecule has 7 heteroatoms. The molecule has 0 unspecified atom stereocenters. The van der Waals surface area contributed by atoms with E-state index in [0.29, 0.717) is 11.4 Å². The minimum Gasteiger partial charge on any atom is -0.369 e. The summed E-state index contributed by atoms with van der Waals surface area (Å²) in [5, 5.41) is 5.44. The van der Waals surface area contributed by atoms with Crippen molar-refractivity contribution in [3.63, 3.8) is 0 Å². The van der Waals surface area contributed by atoms with Crippen LogP contribution < -0.4 is 15.5 Å². The number of pyridine rings is 1. The molecule has 3 rings (SSSR count). The van der Waals surface area contributed by atoms with Gasteiger partial charge in [0.1, 0.15) is 5.82 Å². The summed E-state index contributed by atoms with van der Waals surface area (Å²) in [5.41, 5.74) is 2.32. The molecular formula is C19H23N5O2. The van der Waals surface area contributed by atoms with Gasteiger partial charge in [-0.15, -0.1) is 0 Å². The number of nitrogens with one attached hydrogen (secondary N) is 2. The molecular weight excluding hydrogens is 330 g/mol. The van der Waals surface area contributed by atoms with E-state index in [9.17, 15) is 9.59 Å². The normalized spacial score (nSPS) is 14.8. The highest BCUT2D eigenvalue weighted by atomic mass is 16.2. The van der Waals surface area contributed by atoms with Crippen LogP contribution in [0.15, 0.2) is 42.6 Å². The van der Waals surface area contributed by atoms with Gasteiger partial charge in [0.05, 0.1) is 0 Å². The molecule has 1 aliphatic heterocycles. The van der Waals surface area contributed by atoms with Crippen molar-refractivity contribution in [2.75, 3.05) is 48.8 Å². The summed E-state index contributed by atoms with van der Waals surface area (Å²) in [6.07, 6.45) is 1.50. The fourth-order valence-electron chi connectivity index (χ4n) is 2.84. The second-order valence-corrected chi connectivity index (χ2v) is 6.40. The lowest BCUT2D eigenvalue weighted by molar-refractivity contribution is -0.114. The summed E-state index contributed by atoms with van der Waals surface area (Å²) in [4.78, 5) is 32.2. The maximum absolute atomic E-state index is 12.4. The second kappa shape index (κ2) is 7.97. The van der Waals surface area contributed by atoms with E-state index in [4.69, 9.17) is 0 Å². The van der Waals surface area contributed by atoms with Gasteiger partial charge in [0.2, 0.25) is 5.91 Å². The van der Waals surface area contributed by atoms with Crippen LogP contribution in [0.25, 0.3) is 0 Å². The summed E-state index contributed by atoms with van der Waals surface area (Å²) >= 11 is 0. The molecule has 2 heterocycles. The molecule has 7 nitrogen and oxygen atoms in total. The molecule has 2 N–H and O–H groups in total. The van der Waals surface area contributed by atoms with Crippen LogP contribution in [-0.2, 0) is 4.79 Å². The third-order valence-corrected chi connectivity index (χ3v) is 4.32. The Balaban J connectivity index is 1.63. The van der Waals surface area contributed by atoms with Crippen LogP contribution in [0.5, 0.6) is 0 Å². The lowest BCUT2D eigenvalue weighted by Crippen LogP contribution is -2.44. The van der Waals surface area contributed by atoms with Gasteiger partial charge in [-0.05, 0) is 43.4 Å². The first-order chi connectivity index (χ1) is 12.5. The summed E-state index contributed by atoms with van der Waals surface area (Å²) in [6.45, 7) is 5.51. The number of rotatable bonds is 4. The van der Waals surface area contributed by atoms with Crippen molar-refractivity contribution in [2.24, 2.45) is 0 Å². The molecule has 0 atom stereocenters. The number of benzene rings is 1. The van der Waals surface area contributed by atoms with E-state index in [-0.39, 0.29) is 11.8 Å². The zero-order chi connectivity index (χ0) is 18.5. The van der Waals surface area contributed by atoms with E-state index in [0.717, 1.165) is 37.6 Å². The third-order valence-electron chi connectivity index (χ3n) is 4.32. The van der Waals surface area contributed by atoms with Crippen LogP contribution in [0.3, 0.4) is 0 Å². The monoisotopic (exact) mass is 353 g/mol. The lowest BCUT2D eigenvalue weighted by atomic mass is 10.2. The van der Waals surface area contributed by atoms with E-state index < -0.39 is 0 Å². The lowest BCUT2D eigenvalue weighted by Gasteiger charge is -2.34. The molecule has 0 spiro atoms. The van der Waals surface area contributed by atoms with Crippen molar-refractivity contribution in [2.45, 2.75) is 6.92 Å². The van der Waals surface area contributed by atoms with Crippen LogP contribution in [0.4, 0.5) is 17.2 Å². The second-order valence-electron chi connectivity index (χ2n) is 6.40. The molecule has 1 aromatic heterocycles. The minimum atomic E-state index is -0.244. The van der Waals surface area contributed by atoms with Crippen molar-refractivity contribution >= 4 is 29.0 Å². The van der Waals surface area contributed by atoms with Gasteiger partial charge in [0, 0.05) is 56.2 Å². The average molecular weight is 353 g/mol. The number of nitrogens with zero attached hydrogens (tertiary/aromatic N) is 3. The van der Waals surface area contributed by atoms with Crippen molar-refractivity contribution in [1.82, 2.24) is 9.88 Å². The molecule has 1 aliphatic rings. The third kappa shape index (κ3) is 4.58. The Kier molecular flexibility index (Phi) is 5.48. The topological polar surface area (TPSA) is 77.6 Å². The molecule has 0 aliphatic carbocycles. The Morgan fingerprint density at radius 3 is 2.35 bits per heavy atom. The number of hydrogen-bond donors (Lipinski definition) is 2. The summed E-state index contributed by atoms with van der Waals surface area (Å²) in [5.74, 6) is -0.114. The average Bonchev–Trinajstić information content (AvgIpc) is 2.63. The van der Waals surface area contributed by atoms with E-state index in [1.54, 1.807) is 12.1 Å². The molecule has 2 amide bonds. The van der Waals surface area contributed by atoms with Crippen LogP contribution >= 0.6 is 0 Å². The molecule has 1 fully saturated rings. The zero-order valence-electron chi connectivity index (χ0n) is 15.0. The largest absolute Gasteiger partial charge is 0.369 e. The first-order valence-corrected chi connectivity index (χ1v) is 8.60. The molecule has 2 aromatic rings. The number of carbonyl (C=O) groups is 2. The Bertz CT molecular complexity index is 783. The first-order valence-electron chi connectivity index (χ1n) is 8.60. The van der Waals surface area contributed by atoms with Gasteiger partial charge >= 0.3 is 0 Å². The van der Waals surface area contributed by atoms with Gasteiger partial charge in [-0.25, -0.2) is 4.98 Å². The number of likely N-dealkylation sites (N-methyl/N-ethyl adjacent to an activating group) is 1. The SMILES string of the molecule is CC(=O)Nc1cc(C(=O)Nc2ccc(N3CCN(C)CC3)cc2)ccn1. The predicted octanol–water partition coefficient (Wildman–Crippen LogP) is 2.04. The van der Waals surface area contributed by atoms with Gasteiger partial charge in [-0.2, -0.15) is 0 Å². The van der Waals surface area contributed by atoms with Crippen LogP contribution in [0.1, 0.15) is 17.3 Å². The molecule has 1 saturated heterocycles. The Hall–Kier alpha value is -2.93. The molecule has 0 bridgehead atoms. The van der Waals surface area contributed by atoms with Crippen molar-refractivity contribution in [3.8, 4) is 0 Å². The first kappa shape index (κ1) is 17.9. The van der Waals surface area contributed by atoms with Gasteiger partial charge in [0.15, 0.2) is 0 Å². The van der Waals surface area contributed by atoms with Crippen LogP contribution in [-0.4, -0.2) is 54.9 Å². The van der Waals surface area contributed by atoms with Crippen molar-refractivity contribution < 1.29 is 9.59 Å². The number of piperazine rings is 1. The molecule has 0 saturated carbocycles. The number of hydrogen-bond acceptors (Lipinski definition) is 5. The summed E-state index contributed by atoms with van der Waals surface area (Å²) in [7, 11) is 2.13. The zero-order valence-corrected chi connectivity index (χ0v) is 15.0. The maximum atomic E-state index is 12.4. The molecule has 26 heavy (non-hydrogen) atoms. The summed E-state index contributed by atoms with van der Waals surface area (Å²) in [6, 6.07) is 11.0. The number of amides is 2. The van der Waals surface area contributed by atoms with Crippen LogP contribution in [0.2, 0.25) is 0 Å². The van der Waals surface area contributed by atoms with Gasteiger partial charge < -0.3 is 20.4 Å². The molecule has 1 aromatic carbocycles. The fourth-order valence-corrected chi connectivity index (χ4v) is 2.84. The predicted molar refractivity (Wildman–Crippen MR) is 103 cm³/mol. The number of aromatic nitrogens is 1. The van der Waals surface area contributed by atoms with Crippen molar-refractivity contribution in [3.05, 3.63) is 48.2 Å². The Morgan fingerprint density at radius 2 is 1.69 bits per heavy atom. The van der Waals surface area contributed by atoms with E-state index in [2.05, 4.69) is 32.5 Å². The molecule has 0 radical (unpaired) electrons. The van der Waals surface area contributed by atoms with Gasteiger partial charge in [-0.3, -0.25) is 9.59 Å². The van der Waals surface area contributed by atoms with E-state index in [1.165, 1.54) is 13.1 Å². The Morgan fingerprint density at radius 1 is 1.00 bits per heavy atom. The Labute approximate surface area is 153 Å². The highest BCUT2D eigenvalue weighted by Gasteiger charge is 2.14. The van der Waals surface area contributed by atoms with E-state index in [1.807, 2.05) is 24.3 Å². The fraction of sp³-hybridized carbons (Fsp3) is 0.316. The number of anilines is 3. The highest BCUT2D eigenvalue weighted by molar-refractivity contribution is 6.05. The van der Waals surface area contributed by atoms with Gasteiger partial charge in [0.25, 0.3) is 5.91 Å². The standard InChI is InChI=1S/C19H23N5O2/c1-14(25)21-18-13-15(7-8-20-18)19(26)22-16-3-5-17(6-4-16)24-11-9-23(2)10-12-24/h3-8,13H,9-12H2,1-2H3,(H,22,26)(H,20,21,25).